The summed E-state index contributed by atoms with van der Waals surface area (Å²) in [5.74, 6) is -1.29. The van der Waals surface area contributed by atoms with E-state index < -0.39 is 38.1 Å². The minimum absolute atomic E-state index is 0.215. The fourth-order valence-electron chi connectivity index (χ4n) is 2.44. The summed E-state index contributed by atoms with van der Waals surface area (Å²) in [7, 11) is -4.55. The number of azo groups is 1. The molecular weight excluding hydrogens is 402 g/mol. The summed E-state index contributed by atoms with van der Waals surface area (Å²) < 4.78 is 32.0. The smallest absolute Gasteiger partial charge is 0.323 e. The molecule has 5 N–H and O–H groups in total. The Hall–Kier alpha value is -3.77. The zero-order valence-corrected chi connectivity index (χ0v) is 15.7. The summed E-state index contributed by atoms with van der Waals surface area (Å²) in [6, 6.07) is 9.83. The number of aromatic nitrogens is 2. The second-order valence-corrected chi connectivity index (χ2v) is 7.26. The summed E-state index contributed by atoms with van der Waals surface area (Å²) in [5.41, 5.74) is 0.226. The average Bonchev–Trinajstić information content (AvgIpc) is 3.00. The molecule has 1 aromatic heterocycles. The highest BCUT2D eigenvalue weighted by Gasteiger charge is 2.17. The van der Waals surface area contributed by atoms with Crippen molar-refractivity contribution in [3.8, 4) is 0 Å². The van der Waals surface area contributed by atoms with Crippen LogP contribution in [-0.4, -0.2) is 34.0 Å². The largest absolute Gasteiger partial charge is 0.510 e. The van der Waals surface area contributed by atoms with Gasteiger partial charge >= 0.3 is 5.69 Å². The maximum Gasteiger partial charge on any atom is 0.323 e. The van der Waals surface area contributed by atoms with Gasteiger partial charge in [-0.25, -0.2) is 4.79 Å². The molecule has 0 fully saturated rings. The van der Waals surface area contributed by atoms with Gasteiger partial charge in [0, 0.05) is 5.69 Å². The first-order valence-electron chi connectivity index (χ1n) is 8.06. The third kappa shape index (κ3) is 4.56. The van der Waals surface area contributed by atoms with Gasteiger partial charge in [0.25, 0.3) is 16.0 Å². The summed E-state index contributed by atoms with van der Waals surface area (Å²) in [6.07, 6.45) is 0. The van der Waals surface area contributed by atoms with E-state index in [2.05, 4.69) is 25.5 Å². The average molecular weight is 417 g/mol. The van der Waals surface area contributed by atoms with E-state index in [0.29, 0.717) is 16.7 Å². The van der Waals surface area contributed by atoms with E-state index in [1.807, 2.05) is 0 Å². The Balaban J connectivity index is 1.88. The van der Waals surface area contributed by atoms with Crippen LogP contribution < -0.4 is 11.0 Å². The number of amides is 1. The van der Waals surface area contributed by atoms with Crippen LogP contribution in [0.15, 0.2) is 73.8 Å². The number of hydrogen-bond donors (Lipinski definition) is 5. The van der Waals surface area contributed by atoms with Crippen LogP contribution in [0.1, 0.15) is 6.92 Å². The number of rotatable bonds is 5. The van der Waals surface area contributed by atoms with Crippen LogP contribution in [-0.2, 0) is 14.9 Å². The number of anilines is 1. The zero-order valence-electron chi connectivity index (χ0n) is 14.9. The standard InChI is InChI=1S/C17H15N5O6S/c1-9(23)15(22-21-12-4-2-3-5-14(12)29(26,27)28)16(24)18-10-6-7-11-13(8-10)20-17(25)19-11/h2-8,23H,1H3,(H,18,24)(H2,19,20,25)(H,26,27,28). The van der Waals surface area contributed by atoms with Gasteiger partial charge in [-0.3, -0.25) is 9.35 Å². The first-order chi connectivity index (χ1) is 13.6. The number of benzene rings is 2. The van der Waals surface area contributed by atoms with Crippen molar-refractivity contribution in [1.82, 2.24) is 9.97 Å². The van der Waals surface area contributed by atoms with Crippen LogP contribution in [0, 0.1) is 0 Å². The molecule has 0 spiro atoms. The van der Waals surface area contributed by atoms with Crippen LogP contribution in [0.25, 0.3) is 11.0 Å². The first-order valence-corrected chi connectivity index (χ1v) is 9.50. The molecule has 2 aromatic carbocycles. The van der Waals surface area contributed by atoms with Gasteiger partial charge in [-0.05, 0) is 37.3 Å². The molecule has 1 amide bonds. The van der Waals surface area contributed by atoms with Crippen molar-refractivity contribution in [2.75, 3.05) is 5.32 Å². The third-order valence-electron chi connectivity index (χ3n) is 3.73. The predicted molar refractivity (Wildman–Crippen MR) is 104 cm³/mol. The number of aliphatic hydroxyl groups is 1. The fourth-order valence-corrected chi connectivity index (χ4v) is 3.07. The second kappa shape index (κ2) is 7.69. The highest BCUT2D eigenvalue weighted by molar-refractivity contribution is 7.86. The van der Waals surface area contributed by atoms with Gasteiger partial charge in [0.1, 0.15) is 16.3 Å². The molecule has 0 saturated carbocycles. The van der Waals surface area contributed by atoms with Crippen LogP contribution in [0.3, 0.4) is 0 Å². The molecule has 0 atom stereocenters. The van der Waals surface area contributed by atoms with E-state index in [4.69, 9.17) is 0 Å². The lowest BCUT2D eigenvalue weighted by Gasteiger charge is -2.06. The summed E-state index contributed by atoms with van der Waals surface area (Å²) >= 11 is 0. The first kappa shape index (κ1) is 20.0. The molecule has 0 radical (unpaired) electrons. The Morgan fingerprint density at radius 2 is 1.79 bits per heavy atom. The summed E-state index contributed by atoms with van der Waals surface area (Å²) in [6.45, 7) is 1.20. The molecule has 0 saturated heterocycles. The topological polar surface area (TPSA) is 177 Å². The molecule has 1 heterocycles. The van der Waals surface area contributed by atoms with Crippen molar-refractivity contribution in [2.45, 2.75) is 11.8 Å². The molecule has 150 valence electrons. The molecule has 0 aliphatic heterocycles. The van der Waals surface area contributed by atoms with Crippen LogP contribution in [0.2, 0.25) is 0 Å². The number of carbonyl (C=O) groups is 1. The number of nitrogens with one attached hydrogen (secondary N) is 3. The Morgan fingerprint density at radius 1 is 1.10 bits per heavy atom. The second-order valence-electron chi connectivity index (χ2n) is 5.87. The minimum Gasteiger partial charge on any atom is -0.510 e. The summed E-state index contributed by atoms with van der Waals surface area (Å²) in [5, 5.41) is 19.6. The number of aliphatic hydroxyl groups excluding tert-OH is 1. The lowest BCUT2D eigenvalue weighted by molar-refractivity contribution is -0.113. The monoisotopic (exact) mass is 417 g/mol. The lowest BCUT2D eigenvalue weighted by Crippen LogP contribution is -2.14. The van der Waals surface area contributed by atoms with E-state index >= 15 is 0 Å². The normalized spacial score (nSPS) is 12.9. The van der Waals surface area contributed by atoms with Crippen LogP contribution in [0.4, 0.5) is 11.4 Å². The summed E-state index contributed by atoms with van der Waals surface area (Å²) in [4.78, 5) is 28.4. The molecule has 0 bridgehead atoms. The predicted octanol–water partition coefficient (Wildman–Crippen LogP) is 2.61. The SMILES string of the molecule is CC(O)=C(N=Nc1ccccc1S(=O)(=O)O)C(=O)Nc1ccc2[nH]c(=O)[nH]c2c1. The Labute approximate surface area is 163 Å². The minimum atomic E-state index is -4.55. The van der Waals surface area contributed by atoms with Crippen LogP contribution in [0.5, 0.6) is 0 Å². The number of H-pyrrole nitrogens is 2. The molecule has 3 aromatic rings. The molecular formula is C17H15N5O6S. The lowest BCUT2D eigenvalue weighted by atomic mass is 10.2. The van der Waals surface area contributed by atoms with E-state index in [-0.39, 0.29) is 5.69 Å². The highest BCUT2D eigenvalue weighted by atomic mass is 32.2. The molecule has 0 aliphatic rings. The molecule has 3 rings (SSSR count). The fraction of sp³-hybridized carbons (Fsp3) is 0.0588. The Kier molecular flexibility index (Phi) is 5.30. The zero-order chi connectivity index (χ0) is 21.2. The van der Waals surface area contributed by atoms with Gasteiger partial charge in [-0.2, -0.15) is 8.42 Å². The van der Waals surface area contributed by atoms with Gasteiger partial charge < -0.3 is 20.4 Å². The van der Waals surface area contributed by atoms with Gasteiger partial charge in [-0.15, -0.1) is 10.2 Å². The van der Waals surface area contributed by atoms with Crippen LogP contribution >= 0.6 is 0 Å². The number of fused-ring (bicyclic) bond motifs is 1. The molecule has 29 heavy (non-hydrogen) atoms. The van der Waals surface area contributed by atoms with Gasteiger partial charge in [0.05, 0.1) is 11.0 Å². The van der Waals surface area contributed by atoms with E-state index in [9.17, 15) is 27.7 Å². The molecule has 12 heteroatoms. The van der Waals surface area contributed by atoms with Crippen molar-refractivity contribution in [2.24, 2.45) is 10.2 Å². The van der Waals surface area contributed by atoms with Gasteiger partial charge in [-0.1, -0.05) is 12.1 Å². The Morgan fingerprint density at radius 3 is 2.48 bits per heavy atom. The van der Waals surface area contributed by atoms with Crippen molar-refractivity contribution >= 4 is 38.4 Å². The highest BCUT2D eigenvalue weighted by Crippen LogP contribution is 2.25. The maximum atomic E-state index is 12.5. The number of hydrogen-bond acceptors (Lipinski definition) is 7. The quantitative estimate of drug-likeness (QED) is 0.184. The van der Waals surface area contributed by atoms with Gasteiger partial charge in [0.15, 0.2) is 5.70 Å². The van der Waals surface area contributed by atoms with E-state index in [1.54, 1.807) is 6.07 Å². The van der Waals surface area contributed by atoms with Crippen molar-refractivity contribution in [3.05, 3.63) is 64.4 Å². The van der Waals surface area contributed by atoms with Crippen molar-refractivity contribution in [3.63, 3.8) is 0 Å². The Bertz CT molecular complexity index is 1320. The third-order valence-corrected chi connectivity index (χ3v) is 4.63. The molecule has 11 nitrogen and oxygen atoms in total. The van der Waals surface area contributed by atoms with E-state index in [1.165, 1.54) is 37.3 Å². The number of imidazole rings is 1. The number of aromatic amines is 2. The van der Waals surface area contributed by atoms with Gasteiger partial charge in [0.2, 0.25) is 0 Å². The van der Waals surface area contributed by atoms with Crippen molar-refractivity contribution < 1.29 is 22.9 Å². The van der Waals surface area contributed by atoms with Crippen molar-refractivity contribution in [1.29, 1.82) is 0 Å². The number of nitrogens with zero attached hydrogens (tertiary/aromatic N) is 2. The number of allylic oxidation sites excluding steroid dienone is 1. The molecule has 0 aliphatic carbocycles. The van der Waals surface area contributed by atoms with E-state index in [0.717, 1.165) is 6.07 Å². The molecule has 0 unspecified atom stereocenters. The number of carbonyl (C=O) groups excluding carboxylic acids is 1. The maximum absolute atomic E-state index is 12.5.